The molecule has 0 bridgehead atoms. The van der Waals surface area contributed by atoms with Crippen molar-refractivity contribution in [2.75, 3.05) is 6.61 Å². The molecule has 0 aromatic heterocycles. The molecule has 0 radical (unpaired) electrons. The van der Waals surface area contributed by atoms with Gasteiger partial charge in [-0.2, -0.15) is 0 Å². The summed E-state index contributed by atoms with van der Waals surface area (Å²) in [6, 6.07) is 13.0. The van der Waals surface area contributed by atoms with E-state index < -0.39 is 23.3 Å². The quantitative estimate of drug-likeness (QED) is 0.146. The van der Waals surface area contributed by atoms with Crippen LogP contribution in [0.25, 0.3) is 22.3 Å². The summed E-state index contributed by atoms with van der Waals surface area (Å²) in [5, 5.41) is 0. The number of benzene rings is 3. The standard InChI is InChI=1S/C33H36F4O/c1-3-5-7-8-25-15-18-27(31(35)30(25)34)22-9-11-23(12-10-22)28-19-20-29(33(37)32(28)36)24-13-16-26(17-14-24)38-21-6-4-2/h4,6,9-12,15,18-20,24,26H,3,5,7-8,13-14,16-17,21H2,1-2H3/b6-4+. The van der Waals surface area contributed by atoms with Crippen LogP contribution in [-0.2, 0) is 11.2 Å². The van der Waals surface area contributed by atoms with Gasteiger partial charge in [-0.1, -0.05) is 80.4 Å². The highest BCUT2D eigenvalue weighted by molar-refractivity contribution is 5.71. The van der Waals surface area contributed by atoms with E-state index in [0.29, 0.717) is 35.3 Å². The van der Waals surface area contributed by atoms with Crippen molar-refractivity contribution < 1.29 is 22.3 Å². The molecular weight excluding hydrogens is 488 g/mol. The first-order valence-corrected chi connectivity index (χ1v) is 13.7. The lowest BCUT2D eigenvalue weighted by Crippen LogP contribution is -2.21. The minimum atomic E-state index is -0.879. The minimum Gasteiger partial charge on any atom is -0.374 e. The molecule has 1 aliphatic carbocycles. The van der Waals surface area contributed by atoms with Gasteiger partial charge in [0.2, 0.25) is 0 Å². The predicted octanol–water partition coefficient (Wildman–Crippen LogP) is 9.93. The average Bonchev–Trinajstić information content (AvgIpc) is 2.94. The molecule has 0 spiro atoms. The van der Waals surface area contributed by atoms with E-state index in [4.69, 9.17) is 4.74 Å². The van der Waals surface area contributed by atoms with E-state index >= 15 is 8.78 Å². The van der Waals surface area contributed by atoms with Crippen LogP contribution >= 0.6 is 0 Å². The minimum absolute atomic E-state index is 0.0368. The van der Waals surface area contributed by atoms with Gasteiger partial charge >= 0.3 is 0 Å². The highest BCUT2D eigenvalue weighted by Crippen LogP contribution is 2.38. The third-order valence-electron chi connectivity index (χ3n) is 7.61. The van der Waals surface area contributed by atoms with E-state index in [9.17, 15) is 8.78 Å². The normalized spacial score (nSPS) is 17.8. The smallest absolute Gasteiger partial charge is 0.166 e. The first kappa shape index (κ1) is 28.1. The molecule has 1 nitrogen and oxygen atoms in total. The maximum absolute atomic E-state index is 15.2. The Hall–Kier alpha value is -2.92. The summed E-state index contributed by atoms with van der Waals surface area (Å²) in [5.41, 5.74) is 2.06. The summed E-state index contributed by atoms with van der Waals surface area (Å²) < 4.78 is 65.6. The first-order valence-electron chi connectivity index (χ1n) is 13.7. The second kappa shape index (κ2) is 13.2. The molecule has 1 saturated carbocycles. The van der Waals surface area contributed by atoms with Crippen molar-refractivity contribution in [3.05, 3.63) is 95.1 Å². The summed E-state index contributed by atoms with van der Waals surface area (Å²) in [7, 11) is 0. The van der Waals surface area contributed by atoms with Crippen molar-refractivity contribution in [2.24, 2.45) is 0 Å². The first-order chi connectivity index (χ1) is 18.4. The molecule has 0 aliphatic heterocycles. The molecule has 5 heteroatoms. The lowest BCUT2D eigenvalue weighted by molar-refractivity contribution is 0.0419. The van der Waals surface area contributed by atoms with Crippen LogP contribution in [0.1, 0.15) is 75.8 Å². The zero-order valence-corrected chi connectivity index (χ0v) is 22.2. The van der Waals surface area contributed by atoms with Gasteiger partial charge in [0.1, 0.15) is 0 Å². The summed E-state index contributed by atoms with van der Waals surface area (Å²) in [4.78, 5) is 0. The SMILES string of the molecule is C/C=C/COC1CCC(c2ccc(-c3ccc(-c4ccc(CCCCC)c(F)c4F)cc3)c(F)c2F)CC1. The monoisotopic (exact) mass is 524 g/mol. The molecular formula is C33H36F4O. The zero-order valence-electron chi connectivity index (χ0n) is 22.2. The molecule has 202 valence electrons. The van der Waals surface area contributed by atoms with Crippen LogP contribution in [0.4, 0.5) is 17.6 Å². The summed E-state index contributed by atoms with van der Waals surface area (Å²) in [6.45, 7) is 4.59. The Kier molecular flexibility index (Phi) is 9.79. The Balaban J connectivity index is 1.48. The summed E-state index contributed by atoms with van der Waals surface area (Å²) >= 11 is 0. The van der Waals surface area contributed by atoms with Crippen molar-refractivity contribution >= 4 is 0 Å². The Labute approximate surface area is 223 Å². The fourth-order valence-corrected chi connectivity index (χ4v) is 5.33. The molecule has 0 atom stereocenters. The second-order valence-electron chi connectivity index (χ2n) is 10.1. The van der Waals surface area contributed by atoms with Gasteiger partial charge in [0, 0.05) is 11.1 Å². The van der Waals surface area contributed by atoms with Crippen molar-refractivity contribution in [1.82, 2.24) is 0 Å². The number of halogens is 4. The molecule has 0 heterocycles. The molecule has 1 fully saturated rings. The van der Waals surface area contributed by atoms with Crippen molar-refractivity contribution in [3.63, 3.8) is 0 Å². The molecule has 3 aromatic rings. The van der Waals surface area contributed by atoms with E-state index in [-0.39, 0.29) is 23.1 Å². The third kappa shape index (κ3) is 6.37. The van der Waals surface area contributed by atoms with Crippen molar-refractivity contribution in [1.29, 1.82) is 0 Å². The van der Waals surface area contributed by atoms with Crippen molar-refractivity contribution in [3.8, 4) is 22.3 Å². The van der Waals surface area contributed by atoms with E-state index in [0.717, 1.165) is 44.9 Å². The Morgan fingerprint density at radius 1 is 0.737 bits per heavy atom. The van der Waals surface area contributed by atoms with Gasteiger partial charge in [0.05, 0.1) is 12.7 Å². The van der Waals surface area contributed by atoms with Crippen LogP contribution in [0.3, 0.4) is 0 Å². The van der Waals surface area contributed by atoms with E-state index in [1.807, 2.05) is 19.1 Å². The second-order valence-corrected chi connectivity index (χ2v) is 10.1. The van der Waals surface area contributed by atoms with Gasteiger partial charge in [0.15, 0.2) is 23.3 Å². The fraction of sp³-hybridized carbons (Fsp3) is 0.394. The highest BCUT2D eigenvalue weighted by Gasteiger charge is 2.27. The summed E-state index contributed by atoms with van der Waals surface area (Å²) in [6.07, 6.45) is 10.5. The lowest BCUT2D eigenvalue weighted by atomic mass is 9.82. The zero-order chi connectivity index (χ0) is 27.1. The van der Waals surface area contributed by atoms with E-state index in [1.54, 1.807) is 48.5 Å². The largest absolute Gasteiger partial charge is 0.374 e. The molecule has 0 N–H and O–H groups in total. The topological polar surface area (TPSA) is 9.23 Å². The molecule has 4 rings (SSSR count). The lowest BCUT2D eigenvalue weighted by Gasteiger charge is -2.29. The van der Waals surface area contributed by atoms with Gasteiger partial charge in [-0.25, -0.2) is 17.6 Å². The molecule has 38 heavy (non-hydrogen) atoms. The number of hydrogen-bond acceptors (Lipinski definition) is 1. The fourth-order valence-electron chi connectivity index (χ4n) is 5.33. The number of rotatable bonds is 10. The molecule has 0 unspecified atom stereocenters. The highest BCUT2D eigenvalue weighted by atomic mass is 19.2. The van der Waals surface area contributed by atoms with Crippen molar-refractivity contribution in [2.45, 2.75) is 77.2 Å². The Morgan fingerprint density at radius 3 is 1.95 bits per heavy atom. The van der Waals surface area contributed by atoms with Gasteiger partial charge in [-0.15, -0.1) is 0 Å². The Morgan fingerprint density at radius 2 is 1.34 bits per heavy atom. The molecule has 1 aliphatic rings. The maximum Gasteiger partial charge on any atom is 0.166 e. The van der Waals surface area contributed by atoms with Crippen LogP contribution < -0.4 is 0 Å². The average molecular weight is 525 g/mol. The number of aryl methyl sites for hydroxylation is 1. The number of allylic oxidation sites excluding steroid dienone is 1. The molecule has 0 saturated heterocycles. The van der Waals surface area contributed by atoms with E-state index in [1.165, 1.54) is 0 Å². The van der Waals surface area contributed by atoms with Gasteiger partial charge in [-0.05, 0) is 73.6 Å². The third-order valence-corrected chi connectivity index (χ3v) is 7.61. The van der Waals surface area contributed by atoms with E-state index in [2.05, 4.69) is 6.92 Å². The molecule has 3 aromatic carbocycles. The van der Waals surface area contributed by atoms with Gasteiger partial charge in [-0.3, -0.25) is 0 Å². The number of ether oxygens (including phenoxy) is 1. The number of unbranched alkanes of at least 4 members (excludes halogenated alkanes) is 2. The summed E-state index contributed by atoms with van der Waals surface area (Å²) in [5.74, 6) is -3.42. The van der Waals surface area contributed by atoms with Gasteiger partial charge < -0.3 is 4.74 Å². The molecule has 0 amide bonds. The van der Waals surface area contributed by atoms with Crippen LogP contribution in [0.15, 0.2) is 60.7 Å². The van der Waals surface area contributed by atoms with Crippen LogP contribution in [-0.4, -0.2) is 12.7 Å². The van der Waals surface area contributed by atoms with Gasteiger partial charge in [0.25, 0.3) is 0 Å². The van der Waals surface area contributed by atoms with Crippen LogP contribution in [0, 0.1) is 23.3 Å². The predicted molar refractivity (Wildman–Crippen MR) is 146 cm³/mol. The van der Waals surface area contributed by atoms with Crippen LogP contribution in [0.2, 0.25) is 0 Å². The Bertz CT molecular complexity index is 1240. The van der Waals surface area contributed by atoms with Crippen LogP contribution in [0.5, 0.6) is 0 Å². The maximum atomic E-state index is 15.2. The number of hydrogen-bond donors (Lipinski definition) is 0.